The standard InChI is InChI=1S/C12H10N8/c13-20-19-12-15-7-9-10(18-12)17-11(16-9)14-6-8-4-2-1-3-5-8/h1-5,7H,6H2,(H2,14,15,16,17,18). The van der Waals surface area contributed by atoms with Crippen molar-refractivity contribution in [1.82, 2.24) is 19.9 Å². The second-order valence-corrected chi connectivity index (χ2v) is 4.02. The molecule has 0 radical (unpaired) electrons. The Labute approximate surface area is 113 Å². The molecule has 0 unspecified atom stereocenters. The number of aromatic nitrogens is 4. The van der Waals surface area contributed by atoms with Gasteiger partial charge in [-0.2, -0.15) is 4.98 Å². The lowest BCUT2D eigenvalue weighted by Crippen LogP contribution is -2.00. The summed E-state index contributed by atoms with van der Waals surface area (Å²) in [4.78, 5) is 17.9. The monoisotopic (exact) mass is 266 g/mol. The first kappa shape index (κ1) is 11.9. The van der Waals surface area contributed by atoms with Crippen LogP contribution in [0.15, 0.2) is 41.6 Å². The number of imidazole rings is 1. The predicted octanol–water partition coefficient (Wildman–Crippen LogP) is 2.91. The molecule has 20 heavy (non-hydrogen) atoms. The van der Waals surface area contributed by atoms with Crippen LogP contribution in [0.2, 0.25) is 0 Å². The summed E-state index contributed by atoms with van der Waals surface area (Å²) < 4.78 is 0. The van der Waals surface area contributed by atoms with Crippen molar-refractivity contribution >= 4 is 23.1 Å². The molecule has 0 atom stereocenters. The zero-order valence-corrected chi connectivity index (χ0v) is 10.4. The SMILES string of the molecule is [N-]=[N+]=Nc1ncc2[nH]c(NCc3ccccc3)nc2n1. The molecule has 0 aliphatic carbocycles. The Hall–Kier alpha value is -3.12. The van der Waals surface area contributed by atoms with E-state index in [1.165, 1.54) is 6.20 Å². The minimum absolute atomic E-state index is 0.0566. The Morgan fingerprint density at radius 2 is 2.10 bits per heavy atom. The number of benzene rings is 1. The highest BCUT2D eigenvalue weighted by Gasteiger charge is 2.05. The van der Waals surface area contributed by atoms with Crippen LogP contribution in [0.25, 0.3) is 21.6 Å². The van der Waals surface area contributed by atoms with Crippen LogP contribution in [0.4, 0.5) is 11.9 Å². The van der Waals surface area contributed by atoms with Crippen LogP contribution in [0.3, 0.4) is 0 Å². The average molecular weight is 266 g/mol. The van der Waals surface area contributed by atoms with E-state index in [-0.39, 0.29) is 5.95 Å². The summed E-state index contributed by atoms with van der Waals surface area (Å²) >= 11 is 0. The van der Waals surface area contributed by atoms with Crippen molar-refractivity contribution in [2.45, 2.75) is 6.54 Å². The summed E-state index contributed by atoms with van der Waals surface area (Å²) in [6.45, 7) is 0.650. The molecule has 0 amide bonds. The van der Waals surface area contributed by atoms with E-state index in [4.69, 9.17) is 5.53 Å². The van der Waals surface area contributed by atoms with Crippen molar-refractivity contribution in [1.29, 1.82) is 0 Å². The number of azide groups is 1. The van der Waals surface area contributed by atoms with Crippen LogP contribution in [0, 0.1) is 0 Å². The summed E-state index contributed by atoms with van der Waals surface area (Å²) in [5.41, 5.74) is 10.6. The van der Waals surface area contributed by atoms with Crippen LogP contribution >= 0.6 is 0 Å². The molecule has 8 heteroatoms. The third kappa shape index (κ3) is 2.50. The number of anilines is 1. The van der Waals surface area contributed by atoms with Gasteiger partial charge in [-0.25, -0.2) is 9.97 Å². The van der Waals surface area contributed by atoms with E-state index in [1.807, 2.05) is 30.3 Å². The lowest BCUT2D eigenvalue weighted by molar-refractivity contribution is 1.09. The van der Waals surface area contributed by atoms with Crippen molar-refractivity contribution in [3.63, 3.8) is 0 Å². The summed E-state index contributed by atoms with van der Waals surface area (Å²) in [6.07, 6.45) is 1.53. The molecule has 2 N–H and O–H groups in total. The highest BCUT2D eigenvalue weighted by molar-refractivity contribution is 5.73. The van der Waals surface area contributed by atoms with Crippen molar-refractivity contribution in [3.8, 4) is 0 Å². The Morgan fingerprint density at radius 1 is 1.25 bits per heavy atom. The number of fused-ring (bicyclic) bond motifs is 1. The number of hydrogen-bond donors (Lipinski definition) is 2. The lowest BCUT2D eigenvalue weighted by atomic mass is 10.2. The van der Waals surface area contributed by atoms with E-state index in [1.54, 1.807) is 0 Å². The maximum Gasteiger partial charge on any atom is 0.218 e. The predicted molar refractivity (Wildman–Crippen MR) is 74.3 cm³/mol. The Balaban J connectivity index is 1.80. The van der Waals surface area contributed by atoms with E-state index < -0.39 is 0 Å². The largest absolute Gasteiger partial charge is 0.352 e. The molecule has 2 heterocycles. The van der Waals surface area contributed by atoms with Crippen molar-refractivity contribution in [2.75, 3.05) is 5.32 Å². The van der Waals surface area contributed by atoms with Gasteiger partial charge >= 0.3 is 0 Å². The van der Waals surface area contributed by atoms with Crippen molar-refractivity contribution in [3.05, 3.63) is 52.5 Å². The molecule has 2 aromatic heterocycles. The fraction of sp³-hybridized carbons (Fsp3) is 0.0833. The summed E-state index contributed by atoms with van der Waals surface area (Å²) in [5, 5.41) is 6.51. The number of aromatic amines is 1. The van der Waals surface area contributed by atoms with Crippen LogP contribution in [0.5, 0.6) is 0 Å². The van der Waals surface area contributed by atoms with E-state index in [0.717, 1.165) is 5.56 Å². The average Bonchev–Trinajstić information content (AvgIpc) is 2.89. The zero-order chi connectivity index (χ0) is 13.8. The lowest BCUT2D eigenvalue weighted by Gasteiger charge is -2.01. The first-order valence-corrected chi connectivity index (χ1v) is 5.91. The number of nitrogens with zero attached hydrogens (tertiary/aromatic N) is 6. The Morgan fingerprint density at radius 3 is 2.90 bits per heavy atom. The van der Waals surface area contributed by atoms with Gasteiger partial charge in [-0.1, -0.05) is 30.3 Å². The summed E-state index contributed by atoms with van der Waals surface area (Å²) in [7, 11) is 0. The number of H-pyrrole nitrogens is 1. The van der Waals surface area contributed by atoms with Gasteiger partial charge in [-0.15, -0.1) is 0 Å². The highest BCUT2D eigenvalue weighted by atomic mass is 15.2. The van der Waals surface area contributed by atoms with Gasteiger partial charge in [0.25, 0.3) is 0 Å². The molecule has 3 rings (SSSR count). The zero-order valence-electron chi connectivity index (χ0n) is 10.4. The van der Waals surface area contributed by atoms with Crippen molar-refractivity contribution < 1.29 is 0 Å². The second kappa shape index (κ2) is 5.25. The molecule has 0 aliphatic rings. The summed E-state index contributed by atoms with van der Waals surface area (Å²) in [6, 6.07) is 9.97. The van der Waals surface area contributed by atoms with Gasteiger partial charge in [-0.3, -0.25) is 0 Å². The summed E-state index contributed by atoms with van der Waals surface area (Å²) in [5.74, 6) is 0.650. The van der Waals surface area contributed by atoms with Crippen LogP contribution in [0.1, 0.15) is 5.56 Å². The van der Waals surface area contributed by atoms with Gasteiger partial charge in [-0.05, 0) is 16.2 Å². The molecule has 3 aromatic rings. The molecular formula is C12H10N8. The minimum atomic E-state index is 0.0566. The normalized spacial score (nSPS) is 10.2. The fourth-order valence-electron chi connectivity index (χ4n) is 1.75. The van der Waals surface area contributed by atoms with Gasteiger partial charge in [0, 0.05) is 11.5 Å². The van der Waals surface area contributed by atoms with Gasteiger partial charge in [0.15, 0.2) is 5.65 Å². The maximum atomic E-state index is 8.35. The van der Waals surface area contributed by atoms with Gasteiger partial charge < -0.3 is 10.3 Å². The molecule has 0 saturated carbocycles. The van der Waals surface area contributed by atoms with Crippen molar-refractivity contribution in [2.24, 2.45) is 5.11 Å². The van der Waals surface area contributed by atoms with Gasteiger partial charge in [0.05, 0.1) is 6.20 Å². The smallest absolute Gasteiger partial charge is 0.218 e. The molecule has 0 bridgehead atoms. The second-order valence-electron chi connectivity index (χ2n) is 4.02. The Bertz CT molecular complexity index is 773. The third-order valence-electron chi connectivity index (χ3n) is 2.66. The highest BCUT2D eigenvalue weighted by Crippen LogP contribution is 2.14. The van der Waals surface area contributed by atoms with E-state index in [2.05, 4.69) is 35.3 Å². The molecule has 98 valence electrons. The fourth-order valence-corrected chi connectivity index (χ4v) is 1.75. The first-order valence-electron chi connectivity index (χ1n) is 5.91. The molecule has 0 fully saturated rings. The third-order valence-corrected chi connectivity index (χ3v) is 2.66. The quantitative estimate of drug-likeness (QED) is 0.429. The number of rotatable bonds is 4. The molecule has 1 aromatic carbocycles. The number of nitrogens with one attached hydrogen (secondary N) is 2. The van der Waals surface area contributed by atoms with Crippen LogP contribution in [-0.4, -0.2) is 19.9 Å². The molecule has 0 aliphatic heterocycles. The molecule has 8 nitrogen and oxygen atoms in total. The number of hydrogen-bond acceptors (Lipinski definition) is 5. The first-order chi connectivity index (χ1) is 9.85. The topological polar surface area (TPSA) is 115 Å². The van der Waals surface area contributed by atoms with Crippen LogP contribution in [-0.2, 0) is 6.54 Å². The van der Waals surface area contributed by atoms with E-state index in [9.17, 15) is 0 Å². The van der Waals surface area contributed by atoms with Crippen LogP contribution < -0.4 is 5.32 Å². The van der Waals surface area contributed by atoms with E-state index >= 15 is 0 Å². The minimum Gasteiger partial charge on any atom is -0.352 e. The molecule has 0 spiro atoms. The maximum absolute atomic E-state index is 8.35. The Kier molecular flexibility index (Phi) is 3.13. The molecule has 0 saturated heterocycles. The van der Waals surface area contributed by atoms with Gasteiger partial charge in [0.2, 0.25) is 11.9 Å². The van der Waals surface area contributed by atoms with Gasteiger partial charge in [0.1, 0.15) is 5.52 Å². The van der Waals surface area contributed by atoms with E-state index in [0.29, 0.717) is 23.7 Å². The molecular weight excluding hydrogens is 256 g/mol.